The summed E-state index contributed by atoms with van der Waals surface area (Å²) in [5.74, 6) is 3.76. The molecule has 5 atom stereocenters. The molecule has 7 aliphatic carbocycles. The van der Waals surface area contributed by atoms with Crippen LogP contribution in [0.4, 0.5) is 0 Å². The molecule has 2 aliphatic heterocycles. The predicted octanol–water partition coefficient (Wildman–Crippen LogP) is 21.3. The highest BCUT2D eigenvalue weighted by molar-refractivity contribution is 5.90. The minimum atomic E-state index is -0.604. The summed E-state index contributed by atoms with van der Waals surface area (Å²) < 4.78 is 34.7. The summed E-state index contributed by atoms with van der Waals surface area (Å²) in [6.45, 7) is 34.1. The van der Waals surface area contributed by atoms with E-state index in [0.29, 0.717) is 60.2 Å². The Morgan fingerprint density at radius 2 is 0.978 bits per heavy atom. The number of phenolic OH excluding ortho intramolecular Hbond substituents is 1. The molecule has 1 N–H and O–H groups in total. The van der Waals surface area contributed by atoms with Crippen molar-refractivity contribution < 1.29 is 62.3 Å². The third kappa shape index (κ3) is 21.3. The monoisotopic (exact) mass is 1280 g/mol. The Bertz CT molecular complexity index is 2520. The highest BCUT2D eigenvalue weighted by atomic mass is 16.6. The van der Waals surface area contributed by atoms with E-state index in [0.717, 1.165) is 68.8 Å². The highest BCUT2D eigenvalue weighted by Crippen LogP contribution is 2.62. The lowest BCUT2D eigenvalue weighted by molar-refractivity contribution is -0.231. The molecular formula is C78H138O13. The maximum Gasteiger partial charge on any atom is 0.338 e. The molecule has 9 aliphatic rings. The van der Waals surface area contributed by atoms with Crippen molar-refractivity contribution in [2.75, 3.05) is 0 Å². The van der Waals surface area contributed by atoms with Gasteiger partial charge in [-0.25, -0.2) is 4.79 Å². The van der Waals surface area contributed by atoms with Gasteiger partial charge in [0.25, 0.3) is 0 Å². The minimum absolute atomic E-state index is 0. The third-order valence-corrected chi connectivity index (χ3v) is 21.1. The van der Waals surface area contributed by atoms with Crippen molar-refractivity contribution in [2.45, 2.75) is 322 Å². The van der Waals surface area contributed by atoms with Crippen molar-refractivity contribution in [1.82, 2.24) is 0 Å². The van der Waals surface area contributed by atoms with Gasteiger partial charge in [-0.05, 0) is 248 Å². The van der Waals surface area contributed by atoms with Crippen LogP contribution in [0.1, 0.15) is 315 Å². The Kier molecular flexibility index (Phi) is 35.8. The number of carbonyl (C=O) groups is 6. The number of ether oxygens (including phenoxy) is 6. The van der Waals surface area contributed by atoms with Crippen molar-refractivity contribution >= 4 is 35.8 Å². The number of hydrogen-bond acceptors (Lipinski definition) is 13. The number of hydrogen-bond donors (Lipinski definition) is 1. The van der Waals surface area contributed by atoms with Crippen molar-refractivity contribution in [3.05, 3.63) is 59.7 Å². The first-order chi connectivity index (χ1) is 38.7. The average Bonchev–Trinajstić information content (AvgIpc) is 1.18. The lowest BCUT2D eigenvalue weighted by Crippen LogP contribution is -2.63. The number of fused-ring (bicyclic) bond motifs is 1. The molecule has 2 saturated heterocycles. The molecule has 11 rings (SSSR count). The smallest absolute Gasteiger partial charge is 0.338 e. The van der Waals surface area contributed by atoms with E-state index in [1.54, 1.807) is 36.4 Å². The van der Waals surface area contributed by atoms with Crippen LogP contribution in [-0.4, -0.2) is 63.8 Å². The lowest BCUT2D eigenvalue weighted by Gasteiger charge is -2.62. The van der Waals surface area contributed by atoms with E-state index in [1.165, 1.54) is 57.1 Å². The predicted molar refractivity (Wildman–Crippen MR) is 376 cm³/mol. The second-order valence-corrected chi connectivity index (χ2v) is 29.3. The van der Waals surface area contributed by atoms with Gasteiger partial charge >= 0.3 is 35.8 Å². The summed E-state index contributed by atoms with van der Waals surface area (Å²) in [4.78, 5) is 74.0. The number of benzene rings is 2. The molecule has 0 spiro atoms. The molecule has 0 radical (unpaired) electrons. The maximum atomic E-state index is 12.9. The zero-order valence-electron chi connectivity index (χ0n) is 54.0. The number of aromatic hydroxyl groups is 1. The van der Waals surface area contributed by atoms with Crippen LogP contribution in [0.25, 0.3) is 0 Å². The Labute approximate surface area is 557 Å². The molecule has 2 aromatic carbocycles. The summed E-state index contributed by atoms with van der Waals surface area (Å²) in [5, 5.41) is 9.06. The summed E-state index contributed by atoms with van der Waals surface area (Å²) in [6, 6.07) is 13.1. The Morgan fingerprint density at radius 3 is 1.43 bits per heavy atom. The fourth-order valence-electron chi connectivity index (χ4n) is 13.9. The highest BCUT2D eigenvalue weighted by Gasteiger charge is 2.61. The SMILES string of the molecule is C.C.C.C.C.C.C.C.CCC(C)(C)C(=O)OC(C)c1ccc(C(=O)OC23CC4CC(C2)OC(=O)C(C4)C3)cc1.CCC(C)(C)C(=O)OC1(C(C)C)C2CC3CC(C2)CC1C3.CCC(C)(C)C(=O)OC1(C(C)C)CCCC1.CCC(C)(C)C(=O)Oc1ccc(O)cc1. The van der Waals surface area contributed by atoms with Gasteiger partial charge in [0, 0.05) is 12.8 Å². The molecule has 528 valence electrons. The molecular weight excluding hydrogens is 1140 g/mol. The van der Waals surface area contributed by atoms with E-state index in [-0.39, 0.29) is 135 Å². The molecule has 13 heteroatoms. The van der Waals surface area contributed by atoms with Gasteiger partial charge in [-0.1, -0.05) is 127 Å². The zero-order chi connectivity index (χ0) is 61.7. The van der Waals surface area contributed by atoms with Crippen LogP contribution in [0.2, 0.25) is 0 Å². The molecule has 2 heterocycles. The fraction of sp³-hybridized carbons (Fsp3) is 0.769. The molecule has 2 aromatic rings. The van der Waals surface area contributed by atoms with E-state index in [4.69, 9.17) is 33.5 Å². The first-order valence-corrected chi connectivity index (χ1v) is 31.9. The normalized spacial score (nSPS) is 25.3. The molecule has 13 nitrogen and oxygen atoms in total. The largest absolute Gasteiger partial charge is 0.508 e. The maximum absolute atomic E-state index is 12.9. The number of phenols is 1. The molecule has 0 aromatic heterocycles. The van der Waals surface area contributed by atoms with Crippen molar-refractivity contribution in [3.63, 3.8) is 0 Å². The van der Waals surface area contributed by atoms with E-state index in [2.05, 4.69) is 34.6 Å². The molecule has 7 saturated carbocycles. The zero-order valence-corrected chi connectivity index (χ0v) is 54.0. The lowest BCUT2D eigenvalue weighted by atomic mass is 9.47. The van der Waals surface area contributed by atoms with Gasteiger partial charge in [0.05, 0.1) is 33.1 Å². The molecule has 8 bridgehead atoms. The Hall–Kier alpha value is -4.94. The molecule has 9 fully saturated rings. The standard InChI is InChI=1S/C25H32O6.C19H32O2.C14H26O2.C12H16O3.8CH4/c1-5-24(3,4)23(28)29-15(2)17-6-8-18(9-7-17)22(27)31-25-12-16-10-19(13-25)21(26)30-20(11-16)14-25;1-6-18(4,5)17(20)21-19(12(2)3)15-8-13-7-14(10-15)11-16(19)9-13;1-6-13(4,5)12(15)16-14(11(2)3)9-7-8-10-14;1-4-12(2,3)11(14)15-10-7-5-9(13)6-8-10;;;;;;;;/h6-9,15-16,19-20H,5,10-14H2,1-4H3;12-16H,6-11H2,1-5H3;11H,6-10H2,1-5H3;5-8,13H,4H2,1-3H3;8*1H4. The Morgan fingerprint density at radius 1 is 0.527 bits per heavy atom. The van der Waals surface area contributed by atoms with Crippen LogP contribution in [0.15, 0.2) is 48.5 Å². The second kappa shape index (κ2) is 36.1. The van der Waals surface area contributed by atoms with Crippen molar-refractivity contribution in [3.8, 4) is 11.5 Å². The van der Waals surface area contributed by atoms with E-state index >= 15 is 0 Å². The van der Waals surface area contributed by atoms with Crippen LogP contribution in [0.5, 0.6) is 11.5 Å². The van der Waals surface area contributed by atoms with Crippen LogP contribution in [-0.2, 0) is 47.7 Å². The summed E-state index contributed by atoms with van der Waals surface area (Å²) in [7, 11) is 0. The van der Waals surface area contributed by atoms with Crippen LogP contribution in [0, 0.1) is 69.0 Å². The van der Waals surface area contributed by atoms with E-state index < -0.39 is 22.5 Å². The average molecular weight is 1280 g/mol. The van der Waals surface area contributed by atoms with Gasteiger partial charge in [-0.3, -0.25) is 24.0 Å². The molecule has 5 unspecified atom stereocenters. The molecule has 0 amide bonds. The van der Waals surface area contributed by atoms with Gasteiger partial charge < -0.3 is 33.5 Å². The quantitative estimate of drug-likeness (QED) is 0.0899. The second-order valence-electron chi connectivity index (χ2n) is 29.3. The third-order valence-electron chi connectivity index (χ3n) is 21.1. The molecule has 91 heavy (non-hydrogen) atoms. The van der Waals surface area contributed by atoms with E-state index in [9.17, 15) is 28.8 Å². The van der Waals surface area contributed by atoms with Crippen molar-refractivity contribution in [2.24, 2.45) is 69.0 Å². The van der Waals surface area contributed by atoms with Gasteiger partial charge in [0.2, 0.25) is 0 Å². The Balaban J connectivity index is -0.00000115. The van der Waals surface area contributed by atoms with Gasteiger partial charge in [0.1, 0.15) is 40.5 Å². The van der Waals surface area contributed by atoms with Crippen LogP contribution < -0.4 is 4.74 Å². The van der Waals surface area contributed by atoms with Crippen LogP contribution >= 0.6 is 0 Å². The number of rotatable bonds is 17. The minimum Gasteiger partial charge on any atom is -0.508 e. The number of esters is 6. The summed E-state index contributed by atoms with van der Waals surface area (Å²) in [5.41, 5.74) is -1.37. The first-order valence-electron chi connectivity index (χ1n) is 31.9. The fourth-order valence-corrected chi connectivity index (χ4v) is 13.9. The first kappa shape index (κ1) is 90.3. The topological polar surface area (TPSA) is 178 Å². The number of carbonyl (C=O) groups excluding carboxylic acids is 6. The van der Waals surface area contributed by atoms with Gasteiger partial charge in [-0.2, -0.15) is 0 Å². The summed E-state index contributed by atoms with van der Waals surface area (Å²) in [6.07, 6.45) is 17.3. The summed E-state index contributed by atoms with van der Waals surface area (Å²) >= 11 is 0. The van der Waals surface area contributed by atoms with Gasteiger partial charge in [0.15, 0.2) is 0 Å². The van der Waals surface area contributed by atoms with E-state index in [1.807, 2.05) is 83.1 Å². The van der Waals surface area contributed by atoms with Crippen molar-refractivity contribution in [1.29, 1.82) is 0 Å². The van der Waals surface area contributed by atoms with Crippen LogP contribution in [0.3, 0.4) is 0 Å². The van der Waals surface area contributed by atoms with Gasteiger partial charge in [-0.15, -0.1) is 0 Å².